The predicted molar refractivity (Wildman–Crippen MR) is 80.7 cm³/mol. The SMILES string of the molecule is CC(Nc1ccnc(C(=O)N(C)C)c1)c1cccc(F)c1. The summed E-state index contributed by atoms with van der Waals surface area (Å²) < 4.78 is 13.2. The van der Waals surface area contributed by atoms with Gasteiger partial charge in [-0.1, -0.05) is 12.1 Å². The molecule has 1 amide bonds. The minimum Gasteiger partial charge on any atom is -0.378 e. The van der Waals surface area contributed by atoms with Crippen LogP contribution in [0.5, 0.6) is 0 Å². The molecular formula is C16H18FN3O. The van der Waals surface area contributed by atoms with Gasteiger partial charge in [0.25, 0.3) is 5.91 Å². The van der Waals surface area contributed by atoms with Crippen LogP contribution >= 0.6 is 0 Å². The van der Waals surface area contributed by atoms with Crippen LogP contribution in [-0.4, -0.2) is 29.9 Å². The molecule has 0 aliphatic rings. The molecule has 0 radical (unpaired) electrons. The molecule has 110 valence electrons. The number of amides is 1. The van der Waals surface area contributed by atoms with Gasteiger partial charge < -0.3 is 10.2 Å². The highest BCUT2D eigenvalue weighted by Crippen LogP contribution is 2.20. The van der Waals surface area contributed by atoms with Gasteiger partial charge in [0.05, 0.1) is 0 Å². The van der Waals surface area contributed by atoms with Crippen LogP contribution in [0.25, 0.3) is 0 Å². The van der Waals surface area contributed by atoms with E-state index < -0.39 is 0 Å². The fourth-order valence-corrected chi connectivity index (χ4v) is 1.98. The normalized spacial score (nSPS) is 11.8. The van der Waals surface area contributed by atoms with Crippen LogP contribution in [0.15, 0.2) is 42.6 Å². The van der Waals surface area contributed by atoms with Gasteiger partial charge in [0, 0.05) is 32.0 Å². The topological polar surface area (TPSA) is 45.2 Å². The van der Waals surface area contributed by atoms with Crippen LogP contribution in [0.2, 0.25) is 0 Å². The molecule has 0 saturated carbocycles. The van der Waals surface area contributed by atoms with Crippen molar-refractivity contribution in [1.82, 2.24) is 9.88 Å². The van der Waals surface area contributed by atoms with E-state index in [-0.39, 0.29) is 17.8 Å². The number of anilines is 1. The second-order valence-corrected chi connectivity index (χ2v) is 5.05. The van der Waals surface area contributed by atoms with Crippen molar-refractivity contribution in [2.75, 3.05) is 19.4 Å². The summed E-state index contributed by atoms with van der Waals surface area (Å²) in [6.45, 7) is 1.93. The standard InChI is InChI=1S/C16H18FN3O/c1-11(12-5-4-6-13(17)9-12)19-14-7-8-18-15(10-14)16(21)20(2)3/h4-11H,1-3H3,(H,18,19). The van der Waals surface area contributed by atoms with Gasteiger partial charge in [0.2, 0.25) is 0 Å². The van der Waals surface area contributed by atoms with Gasteiger partial charge in [-0.05, 0) is 36.8 Å². The molecule has 0 bridgehead atoms. The second kappa shape index (κ2) is 6.35. The third-order valence-corrected chi connectivity index (χ3v) is 3.12. The zero-order valence-electron chi connectivity index (χ0n) is 12.3. The number of carbonyl (C=O) groups is 1. The maximum absolute atomic E-state index is 13.2. The molecule has 1 atom stereocenters. The van der Waals surface area contributed by atoms with E-state index in [1.165, 1.54) is 17.0 Å². The smallest absolute Gasteiger partial charge is 0.272 e. The molecule has 1 aromatic heterocycles. The molecular weight excluding hydrogens is 269 g/mol. The number of carbonyl (C=O) groups excluding carboxylic acids is 1. The lowest BCUT2D eigenvalue weighted by molar-refractivity contribution is 0.0822. The van der Waals surface area contributed by atoms with E-state index in [1.54, 1.807) is 38.5 Å². The summed E-state index contributed by atoms with van der Waals surface area (Å²) in [5.41, 5.74) is 1.98. The summed E-state index contributed by atoms with van der Waals surface area (Å²) >= 11 is 0. The quantitative estimate of drug-likeness (QED) is 0.940. The maximum Gasteiger partial charge on any atom is 0.272 e. The molecule has 1 heterocycles. The van der Waals surface area contributed by atoms with Crippen molar-refractivity contribution in [1.29, 1.82) is 0 Å². The van der Waals surface area contributed by atoms with Crippen LogP contribution < -0.4 is 5.32 Å². The molecule has 1 aromatic carbocycles. The van der Waals surface area contributed by atoms with E-state index in [0.717, 1.165) is 11.3 Å². The van der Waals surface area contributed by atoms with Crippen molar-refractivity contribution in [3.8, 4) is 0 Å². The van der Waals surface area contributed by atoms with Gasteiger partial charge in [-0.25, -0.2) is 4.39 Å². The van der Waals surface area contributed by atoms with Gasteiger partial charge in [-0.2, -0.15) is 0 Å². The van der Waals surface area contributed by atoms with E-state index in [1.807, 2.05) is 13.0 Å². The summed E-state index contributed by atoms with van der Waals surface area (Å²) in [6.07, 6.45) is 1.58. The van der Waals surface area contributed by atoms with Gasteiger partial charge in [0.1, 0.15) is 11.5 Å². The Morgan fingerprint density at radius 3 is 2.71 bits per heavy atom. The fraction of sp³-hybridized carbons (Fsp3) is 0.250. The monoisotopic (exact) mass is 287 g/mol. The Kier molecular flexibility index (Phi) is 4.52. The number of rotatable bonds is 4. The largest absolute Gasteiger partial charge is 0.378 e. The Labute approximate surface area is 123 Å². The summed E-state index contributed by atoms with van der Waals surface area (Å²) in [5.74, 6) is -0.420. The Hall–Kier alpha value is -2.43. The minimum absolute atomic E-state index is 0.0783. The summed E-state index contributed by atoms with van der Waals surface area (Å²) in [5, 5.41) is 3.24. The van der Waals surface area contributed by atoms with E-state index in [0.29, 0.717) is 5.69 Å². The molecule has 5 heteroatoms. The van der Waals surface area contributed by atoms with Crippen molar-refractivity contribution >= 4 is 11.6 Å². The Bertz CT molecular complexity index is 643. The molecule has 21 heavy (non-hydrogen) atoms. The molecule has 1 N–H and O–H groups in total. The van der Waals surface area contributed by atoms with E-state index in [4.69, 9.17) is 0 Å². The van der Waals surface area contributed by atoms with E-state index in [2.05, 4.69) is 10.3 Å². The van der Waals surface area contributed by atoms with Crippen LogP contribution in [0.1, 0.15) is 29.0 Å². The third kappa shape index (κ3) is 3.78. The number of aromatic nitrogens is 1. The van der Waals surface area contributed by atoms with Crippen molar-refractivity contribution < 1.29 is 9.18 Å². The highest BCUT2D eigenvalue weighted by molar-refractivity contribution is 5.92. The minimum atomic E-state index is -0.264. The number of pyridine rings is 1. The molecule has 4 nitrogen and oxygen atoms in total. The summed E-state index contributed by atoms with van der Waals surface area (Å²) in [6, 6.07) is 9.83. The Morgan fingerprint density at radius 1 is 1.29 bits per heavy atom. The van der Waals surface area contributed by atoms with E-state index >= 15 is 0 Å². The van der Waals surface area contributed by atoms with Crippen LogP contribution in [0.3, 0.4) is 0 Å². The first-order valence-electron chi connectivity index (χ1n) is 6.67. The number of nitrogens with one attached hydrogen (secondary N) is 1. The highest BCUT2D eigenvalue weighted by Gasteiger charge is 2.11. The molecule has 0 aliphatic carbocycles. The zero-order valence-corrected chi connectivity index (χ0v) is 12.3. The number of hydrogen-bond acceptors (Lipinski definition) is 3. The van der Waals surface area contributed by atoms with Crippen molar-refractivity contribution in [3.05, 3.63) is 59.7 Å². The molecule has 0 fully saturated rings. The lowest BCUT2D eigenvalue weighted by Gasteiger charge is -2.17. The number of halogens is 1. The van der Waals surface area contributed by atoms with Crippen LogP contribution in [0.4, 0.5) is 10.1 Å². The second-order valence-electron chi connectivity index (χ2n) is 5.05. The van der Waals surface area contributed by atoms with Gasteiger partial charge >= 0.3 is 0 Å². The van der Waals surface area contributed by atoms with Crippen molar-refractivity contribution in [3.63, 3.8) is 0 Å². The Morgan fingerprint density at radius 2 is 2.05 bits per heavy atom. The average Bonchev–Trinajstić information content (AvgIpc) is 2.46. The average molecular weight is 287 g/mol. The van der Waals surface area contributed by atoms with Gasteiger partial charge in [0.15, 0.2) is 0 Å². The number of hydrogen-bond donors (Lipinski definition) is 1. The first-order valence-corrected chi connectivity index (χ1v) is 6.67. The first kappa shape index (κ1) is 15.0. The summed E-state index contributed by atoms with van der Waals surface area (Å²) in [7, 11) is 3.36. The summed E-state index contributed by atoms with van der Waals surface area (Å²) in [4.78, 5) is 17.4. The van der Waals surface area contributed by atoms with Gasteiger partial charge in [-0.15, -0.1) is 0 Å². The number of nitrogens with zero attached hydrogens (tertiary/aromatic N) is 2. The van der Waals surface area contributed by atoms with Gasteiger partial charge in [-0.3, -0.25) is 9.78 Å². The first-order chi connectivity index (χ1) is 9.97. The molecule has 2 aromatic rings. The maximum atomic E-state index is 13.2. The fourth-order valence-electron chi connectivity index (χ4n) is 1.98. The zero-order chi connectivity index (χ0) is 15.4. The molecule has 0 spiro atoms. The molecule has 2 rings (SSSR count). The lowest BCUT2D eigenvalue weighted by atomic mass is 10.1. The van der Waals surface area contributed by atoms with E-state index in [9.17, 15) is 9.18 Å². The predicted octanol–water partition coefficient (Wildman–Crippen LogP) is 3.10. The molecule has 0 saturated heterocycles. The Balaban J connectivity index is 2.16. The highest BCUT2D eigenvalue weighted by atomic mass is 19.1. The molecule has 1 unspecified atom stereocenters. The van der Waals surface area contributed by atoms with Crippen LogP contribution in [-0.2, 0) is 0 Å². The van der Waals surface area contributed by atoms with Crippen molar-refractivity contribution in [2.45, 2.75) is 13.0 Å². The van der Waals surface area contributed by atoms with Crippen LogP contribution in [0, 0.1) is 5.82 Å². The number of benzene rings is 1. The molecule has 0 aliphatic heterocycles. The van der Waals surface area contributed by atoms with Crippen molar-refractivity contribution in [2.24, 2.45) is 0 Å². The lowest BCUT2D eigenvalue weighted by Crippen LogP contribution is -2.22. The third-order valence-electron chi connectivity index (χ3n) is 3.12.